The fraction of sp³-hybridized carbons (Fsp3) is 0.150. The first-order valence-electron chi connectivity index (χ1n) is 8.62. The van der Waals surface area contributed by atoms with E-state index < -0.39 is 6.04 Å². The van der Waals surface area contributed by atoms with Gasteiger partial charge in [-0.15, -0.1) is 0 Å². The predicted octanol–water partition coefficient (Wildman–Crippen LogP) is 3.09. The quantitative estimate of drug-likeness (QED) is 0.749. The number of rotatable bonds is 4. The smallest absolute Gasteiger partial charge is 0.321 e. The minimum absolute atomic E-state index is 0.137. The molecule has 2 heterocycles. The maximum atomic E-state index is 13.0. The van der Waals surface area contributed by atoms with Crippen molar-refractivity contribution in [1.82, 2.24) is 14.7 Å². The number of fused-ring (bicyclic) bond motifs is 1. The summed E-state index contributed by atoms with van der Waals surface area (Å²) in [5.74, 6) is -0.182. The van der Waals surface area contributed by atoms with Gasteiger partial charge in [0.05, 0.1) is 0 Å². The molecule has 0 bridgehead atoms. The number of urea groups is 1. The van der Waals surface area contributed by atoms with Gasteiger partial charge in [-0.3, -0.25) is 9.48 Å². The molecule has 4 rings (SSSR count). The highest BCUT2D eigenvalue weighted by molar-refractivity contribution is 5.97. The monoisotopic (exact) mass is 361 g/mol. The van der Waals surface area contributed by atoms with Crippen LogP contribution < -0.4 is 10.6 Å². The molecule has 2 aromatic carbocycles. The number of carbonyl (C=O) groups is 2. The Labute approximate surface area is 156 Å². The van der Waals surface area contributed by atoms with Crippen molar-refractivity contribution in [1.29, 1.82) is 0 Å². The lowest BCUT2D eigenvalue weighted by molar-refractivity contribution is -0.118. The summed E-state index contributed by atoms with van der Waals surface area (Å²) in [6.45, 7) is 0.492. The van der Waals surface area contributed by atoms with Crippen molar-refractivity contribution in [3.05, 3.63) is 78.1 Å². The van der Waals surface area contributed by atoms with Gasteiger partial charge >= 0.3 is 6.03 Å². The van der Waals surface area contributed by atoms with Crippen LogP contribution in [-0.4, -0.2) is 33.7 Å². The maximum Gasteiger partial charge on any atom is 0.321 e. The third-order valence-corrected chi connectivity index (χ3v) is 4.52. The zero-order valence-electron chi connectivity index (χ0n) is 14.8. The molecule has 7 heteroatoms. The minimum atomic E-state index is -0.570. The number of nitrogens with zero attached hydrogens (tertiary/aromatic N) is 3. The fourth-order valence-electron chi connectivity index (χ4n) is 3.17. The van der Waals surface area contributed by atoms with Crippen molar-refractivity contribution in [3.63, 3.8) is 0 Å². The second-order valence-corrected chi connectivity index (χ2v) is 6.45. The molecule has 1 aliphatic rings. The van der Waals surface area contributed by atoms with E-state index in [1.54, 1.807) is 47.2 Å². The van der Waals surface area contributed by atoms with E-state index in [4.69, 9.17) is 0 Å². The molecule has 1 aliphatic heterocycles. The van der Waals surface area contributed by atoms with Crippen LogP contribution in [0.2, 0.25) is 0 Å². The lowest BCUT2D eigenvalue weighted by atomic mass is 10.1. The van der Waals surface area contributed by atoms with E-state index in [0.717, 1.165) is 16.8 Å². The summed E-state index contributed by atoms with van der Waals surface area (Å²) in [7, 11) is 1.73. The van der Waals surface area contributed by atoms with Crippen LogP contribution >= 0.6 is 0 Å². The van der Waals surface area contributed by atoms with Crippen molar-refractivity contribution in [2.24, 2.45) is 0 Å². The van der Waals surface area contributed by atoms with Crippen LogP contribution in [0.4, 0.5) is 16.2 Å². The Morgan fingerprint density at radius 3 is 2.74 bits per heavy atom. The SMILES string of the molecule is CN1Cc2cc(NC(=O)C(c3ccccc3)n3cccn3)ccc2NC1=O. The van der Waals surface area contributed by atoms with Crippen LogP contribution in [0.5, 0.6) is 0 Å². The van der Waals surface area contributed by atoms with E-state index in [1.165, 1.54) is 0 Å². The molecule has 0 saturated carbocycles. The second kappa shape index (κ2) is 6.95. The second-order valence-electron chi connectivity index (χ2n) is 6.45. The topological polar surface area (TPSA) is 79.3 Å². The van der Waals surface area contributed by atoms with Crippen molar-refractivity contribution >= 4 is 23.3 Å². The first-order valence-corrected chi connectivity index (χ1v) is 8.62. The summed E-state index contributed by atoms with van der Waals surface area (Å²) in [4.78, 5) is 26.4. The number of hydrogen-bond acceptors (Lipinski definition) is 3. The Bertz CT molecular complexity index is 969. The Morgan fingerprint density at radius 2 is 2.00 bits per heavy atom. The van der Waals surface area contributed by atoms with Gasteiger partial charge in [-0.1, -0.05) is 30.3 Å². The van der Waals surface area contributed by atoms with E-state index in [1.807, 2.05) is 36.4 Å². The lowest BCUT2D eigenvalue weighted by Crippen LogP contribution is -2.35. The summed E-state index contributed by atoms with van der Waals surface area (Å²) in [6.07, 6.45) is 3.43. The number of amides is 3. The van der Waals surface area contributed by atoms with E-state index in [-0.39, 0.29) is 11.9 Å². The lowest BCUT2D eigenvalue weighted by Gasteiger charge is -2.26. The van der Waals surface area contributed by atoms with Crippen LogP contribution in [0.1, 0.15) is 17.2 Å². The molecule has 136 valence electrons. The molecule has 0 aliphatic carbocycles. The molecule has 3 aromatic rings. The summed E-state index contributed by atoms with van der Waals surface area (Å²) in [6, 6.07) is 16.1. The predicted molar refractivity (Wildman–Crippen MR) is 102 cm³/mol. The maximum absolute atomic E-state index is 13.0. The van der Waals surface area contributed by atoms with Gasteiger partial charge in [-0.2, -0.15) is 5.10 Å². The number of carbonyl (C=O) groups excluding carboxylic acids is 2. The van der Waals surface area contributed by atoms with Crippen LogP contribution in [0.3, 0.4) is 0 Å². The van der Waals surface area contributed by atoms with E-state index >= 15 is 0 Å². The summed E-state index contributed by atoms with van der Waals surface area (Å²) < 4.78 is 1.64. The van der Waals surface area contributed by atoms with Crippen LogP contribution in [0.25, 0.3) is 0 Å². The minimum Gasteiger partial charge on any atom is -0.324 e. The van der Waals surface area contributed by atoms with Crippen molar-refractivity contribution in [2.45, 2.75) is 12.6 Å². The molecular weight excluding hydrogens is 342 g/mol. The normalized spacial score (nSPS) is 14.3. The van der Waals surface area contributed by atoms with E-state index in [2.05, 4.69) is 15.7 Å². The van der Waals surface area contributed by atoms with Gasteiger partial charge in [-0.25, -0.2) is 4.79 Å². The van der Waals surface area contributed by atoms with Crippen LogP contribution in [-0.2, 0) is 11.3 Å². The number of hydrogen-bond donors (Lipinski definition) is 2. The van der Waals surface area contributed by atoms with Crippen molar-refractivity contribution < 1.29 is 9.59 Å². The Kier molecular flexibility index (Phi) is 4.33. The molecule has 7 nitrogen and oxygen atoms in total. The molecule has 3 amide bonds. The molecule has 0 spiro atoms. The number of anilines is 2. The molecular formula is C20H19N5O2. The zero-order valence-corrected chi connectivity index (χ0v) is 14.8. The summed E-state index contributed by atoms with van der Waals surface area (Å²) in [5.41, 5.74) is 3.24. The average molecular weight is 361 g/mol. The molecule has 0 saturated heterocycles. The zero-order chi connectivity index (χ0) is 18.8. The molecule has 27 heavy (non-hydrogen) atoms. The van der Waals surface area contributed by atoms with Crippen molar-refractivity contribution in [3.8, 4) is 0 Å². The Hall–Kier alpha value is -3.61. The standard InChI is InChI=1S/C20H19N5O2/c1-24-13-15-12-16(8-9-17(15)23-20(24)27)22-19(26)18(25-11-5-10-21-25)14-6-3-2-4-7-14/h2-12,18H,13H2,1H3,(H,22,26)(H,23,27). The molecule has 2 N–H and O–H groups in total. The first-order chi connectivity index (χ1) is 13.1. The molecule has 1 aromatic heterocycles. The molecule has 1 unspecified atom stereocenters. The molecule has 1 atom stereocenters. The van der Waals surface area contributed by atoms with Gasteiger partial charge in [0, 0.05) is 37.4 Å². The highest BCUT2D eigenvalue weighted by atomic mass is 16.2. The van der Waals surface area contributed by atoms with E-state index in [0.29, 0.717) is 12.2 Å². The number of nitrogens with one attached hydrogen (secondary N) is 2. The van der Waals surface area contributed by atoms with Crippen molar-refractivity contribution in [2.75, 3.05) is 17.7 Å². The summed E-state index contributed by atoms with van der Waals surface area (Å²) in [5, 5.41) is 10.0. The Morgan fingerprint density at radius 1 is 1.19 bits per heavy atom. The number of benzene rings is 2. The average Bonchev–Trinajstić information content (AvgIpc) is 3.18. The highest BCUT2D eigenvalue weighted by Gasteiger charge is 2.24. The van der Waals surface area contributed by atoms with Gasteiger partial charge in [0.25, 0.3) is 5.91 Å². The third-order valence-electron chi connectivity index (χ3n) is 4.52. The number of aromatic nitrogens is 2. The van der Waals surface area contributed by atoms with Crippen LogP contribution in [0.15, 0.2) is 67.0 Å². The van der Waals surface area contributed by atoms with Gasteiger partial charge in [-0.05, 0) is 35.4 Å². The van der Waals surface area contributed by atoms with Gasteiger partial charge < -0.3 is 15.5 Å². The first kappa shape index (κ1) is 16.8. The largest absolute Gasteiger partial charge is 0.324 e. The van der Waals surface area contributed by atoms with Gasteiger partial charge in [0.15, 0.2) is 6.04 Å². The van der Waals surface area contributed by atoms with Crippen LogP contribution in [0, 0.1) is 0 Å². The molecule has 0 radical (unpaired) electrons. The van der Waals surface area contributed by atoms with Gasteiger partial charge in [0.1, 0.15) is 0 Å². The van der Waals surface area contributed by atoms with Gasteiger partial charge in [0.2, 0.25) is 0 Å². The van der Waals surface area contributed by atoms with E-state index in [9.17, 15) is 9.59 Å². The molecule has 0 fully saturated rings. The third kappa shape index (κ3) is 3.39. The summed E-state index contributed by atoms with van der Waals surface area (Å²) >= 11 is 0. The highest BCUT2D eigenvalue weighted by Crippen LogP contribution is 2.27. The fourth-order valence-corrected chi connectivity index (χ4v) is 3.17. The Balaban J connectivity index is 1.60.